The van der Waals surface area contributed by atoms with Crippen LogP contribution >= 0.6 is 0 Å². The van der Waals surface area contributed by atoms with Gasteiger partial charge in [-0.05, 0) is 56.0 Å². The highest BCUT2D eigenvalue weighted by Crippen LogP contribution is 2.36. The molecule has 2 atom stereocenters. The second-order valence-corrected chi connectivity index (χ2v) is 9.44. The third-order valence-electron chi connectivity index (χ3n) is 7.01. The van der Waals surface area contributed by atoms with Gasteiger partial charge < -0.3 is 25.0 Å². The molecule has 1 aromatic heterocycles. The molecule has 2 aliphatic rings. The second-order valence-electron chi connectivity index (χ2n) is 9.44. The van der Waals surface area contributed by atoms with E-state index in [1.165, 1.54) is 32.1 Å². The van der Waals surface area contributed by atoms with E-state index in [0.29, 0.717) is 23.2 Å². The van der Waals surface area contributed by atoms with E-state index in [2.05, 4.69) is 10.6 Å². The quantitative estimate of drug-likeness (QED) is 0.338. The number of amides is 1. The molecular formula is C26H33F4N3O5. The highest BCUT2D eigenvalue weighted by Gasteiger charge is 2.39. The Labute approximate surface area is 217 Å². The van der Waals surface area contributed by atoms with E-state index >= 15 is 0 Å². The number of carboxylic acid groups (broad SMARTS) is 1. The number of nitrogens with zero attached hydrogens (tertiary/aromatic N) is 1. The number of hydrogen-bond donors (Lipinski definition) is 3. The number of anilines is 1. The van der Waals surface area contributed by atoms with Gasteiger partial charge in [0, 0.05) is 16.6 Å². The van der Waals surface area contributed by atoms with E-state index < -0.39 is 24.8 Å². The lowest BCUT2D eigenvalue weighted by atomic mass is 9.76. The van der Waals surface area contributed by atoms with E-state index in [0.717, 1.165) is 23.9 Å². The van der Waals surface area contributed by atoms with Crippen LogP contribution in [0.4, 0.5) is 23.2 Å². The van der Waals surface area contributed by atoms with E-state index in [4.69, 9.17) is 14.6 Å². The van der Waals surface area contributed by atoms with Crippen LogP contribution in [0.5, 0.6) is 0 Å². The number of carbonyl (C=O) groups is 3. The first-order valence-electron chi connectivity index (χ1n) is 12.8. The van der Waals surface area contributed by atoms with Crippen LogP contribution in [-0.2, 0) is 20.9 Å². The Morgan fingerprint density at radius 2 is 1.82 bits per heavy atom. The molecule has 1 amide bonds. The molecule has 3 N–H and O–H groups in total. The van der Waals surface area contributed by atoms with Crippen LogP contribution in [0.15, 0.2) is 24.3 Å². The molecule has 12 heteroatoms. The summed E-state index contributed by atoms with van der Waals surface area (Å²) < 4.78 is 51.6. The molecule has 1 saturated carbocycles. The Morgan fingerprint density at radius 1 is 1.13 bits per heavy atom. The van der Waals surface area contributed by atoms with Gasteiger partial charge in [-0.3, -0.25) is 4.79 Å². The SMILES string of the molecule is CCOC(=O)c1cc2cc(NC(=O)[C@H]3NCC[C@H]3C3CCCCC3)ccc2n1CCF.O=C(O)C(F)(F)F. The van der Waals surface area contributed by atoms with Crippen LogP contribution in [0, 0.1) is 11.8 Å². The van der Waals surface area contributed by atoms with E-state index in [1.54, 1.807) is 17.6 Å². The summed E-state index contributed by atoms with van der Waals surface area (Å²) in [5, 5.41) is 14.4. The van der Waals surface area contributed by atoms with Crippen molar-refractivity contribution in [3.63, 3.8) is 0 Å². The minimum atomic E-state index is -5.08. The summed E-state index contributed by atoms with van der Waals surface area (Å²) in [6.45, 7) is 2.38. The summed E-state index contributed by atoms with van der Waals surface area (Å²) in [7, 11) is 0. The largest absolute Gasteiger partial charge is 0.490 e. The van der Waals surface area contributed by atoms with Crippen LogP contribution in [0.2, 0.25) is 0 Å². The molecule has 1 aromatic carbocycles. The molecule has 0 bridgehead atoms. The minimum absolute atomic E-state index is 0.00114. The van der Waals surface area contributed by atoms with Gasteiger partial charge in [-0.15, -0.1) is 0 Å². The molecular weight excluding hydrogens is 510 g/mol. The Hall–Kier alpha value is -3.15. The number of carbonyl (C=O) groups excluding carboxylic acids is 2. The highest BCUT2D eigenvalue weighted by molar-refractivity contribution is 6.00. The zero-order valence-corrected chi connectivity index (χ0v) is 21.2. The number of hydrogen-bond acceptors (Lipinski definition) is 5. The second kappa shape index (κ2) is 13.1. The summed E-state index contributed by atoms with van der Waals surface area (Å²) in [5.41, 5.74) is 1.76. The van der Waals surface area contributed by atoms with Gasteiger partial charge in [0.05, 0.1) is 19.2 Å². The first kappa shape index (κ1) is 29.4. The third-order valence-corrected chi connectivity index (χ3v) is 7.01. The molecule has 1 saturated heterocycles. The van der Waals surface area contributed by atoms with Gasteiger partial charge in [-0.1, -0.05) is 32.1 Å². The first-order chi connectivity index (χ1) is 18.1. The average Bonchev–Trinajstić information content (AvgIpc) is 3.50. The van der Waals surface area contributed by atoms with Gasteiger partial charge in [-0.25, -0.2) is 14.0 Å². The molecule has 0 unspecified atom stereocenters. The van der Waals surface area contributed by atoms with Crippen molar-refractivity contribution in [3.05, 3.63) is 30.0 Å². The van der Waals surface area contributed by atoms with Crippen LogP contribution in [0.25, 0.3) is 10.9 Å². The number of aliphatic carboxylic acids is 1. The lowest BCUT2D eigenvalue weighted by molar-refractivity contribution is -0.192. The number of alkyl halides is 4. The Balaban J connectivity index is 0.000000505. The van der Waals surface area contributed by atoms with Crippen molar-refractivity contribution in [2.45, 2.75) is 64.2 Å². The van der Waals surface area contributed by atoms with Crippen molar-refractivity contribution in [2.24, 2.45) is 11.8 Å². The van der Waals surface area contributed by atoms with Gasteiger partial charge in [0.25, 0.3) is 0 Å². The van der Waals surface area contributed by atoms with Gasteiger partial charge in [0.2, 0.25) is 5.91 Å². The van der Waals surface area contributed by atoms with Crippen molar-refractivity contribution >= 4 is 34.4 Å². The van der Waals surface area contributed by atoms with Crippen molar-refractivity contribution in [1.82, 2.24) is 9.88 Å². The minimum Gasteiger partial charge on any atom is -0.475 e. The van der Waals surface area contributed by atoms with E-state index in [-0.39, 0.29) is 25.1 Å². The van der Waals surface area contributed by atoms with E-state index in [1.807, 2.05) is 18.2 Å². The summed E-state index contributed by atoms with van der Waals surface area (Å²) in [6, 6.07) is 7.02. The van der Waals surface area contributed by atoms with Gasteiger partial charge in [0.1, 0.15) is 12.4 Å². The maximum Gasteiger partial charge on any atom is 0.490 e. The maximum atomic E-state index is 13.1. The van der Waals surface area contributed by atoms with Crippen LogP contribution < -0.4 is 10.6 Å². The monoisotopic (exact) mass is 543 g/mol. The number of carboxylic acids is 1. The molecule has 2 heterocycles. The number of rotatable bonds is 7. The van der Waals surface area contributed by atoms with Crippen LogP contribution in [0.3, 0.4) is 0 Å². The smallest absolute Gasteiger partial charge is 0.475 e. The number of benzene rings is 1. The van der Waals surface area contributed by atoms with E-state index in [9.17, 15) is 27.2 Å². The lowest BCUT2D eigenvalue weighted by Gasteiger charge is -2.30. The number of nitrogens with one attached hydrogen (secondary N) is 2. The summed E-state index contributed by atoms with van der Waals surface area (Å²) in [6.07, 6.45) is 2.26. The first-order valence-corrected chi connectivity index (χ1v) is 12.8. The normalized spacial score (nSPS) is 20.0. The lowest BCUT2D eigenvalue weighted by Crippen LogP contribution is -2.42. The van der Waals surface area contributed by atoms with Gasteiger partial charge in [-0.2, -0.15) is 13.2 Å². The fourth-order valence-corrected chi connectivity index (χ4v) is 5.35. The number of fused-ring (bicyclic) bond motifs is 1. The molecule has 210 valence electrons. The molecule has 0 radical (unpaired) electrons. The molecule has 38 heavy (non-hydrogen) atoms. The highest BCUT2D eigenvalue weighted by atomic mass is 19.4. The standard InChI is InChI=1S/C24H32FN3O3.C2HF3O2/c1-2-31-24(30)21-15-17-14-18(8-9-20(17)28(21)13-11-25)27-23(29)22-19(10-12-26-22)16-6-4-3-5-7-16;3-2(4,5)1(6)7/h8-9,14-16,19,22,26H,2-7,10-13H2,1H3,(H,27,29);(H,6,7)/t19-,22-;/m0./s1. The molecule has 8 nitrogen and oxygen atoms in total. The zero-order valence-electron chi connectivity index (χ0n) is 21.2. The molecule has 2 fully saturated rings. The number of aryl methyl sites for hydroxylation is 1. The number of aromatic nitrogens is 1. The van der Waals surface area contributed by atoms with Gasteiger partial charge in [0.15, 0.2) is 0 Å². The van der Waals surface area contributed by atoms with Crippen molar-refractivity contribution in [1.29, 1.82) is 0 Å². The van der Waals surface area contributed by atoms with Crippen LogP contribution in [0.1, 0.15) is 55.9 Å². The van der Waals surface area contributed by atoms with Crippen molar-refractivity contribution in [2.75, 3.05) is 25.1 Å². The van der Waals surface area contributed by atoms with Crippen molar-refractivity contribution < 1.29 is 41.8 Å². The Kier molecular flexibility index (Phi) is 10.1. The predicted octanol–water partition coefficient (Wildman–Crippen LogP) is 4.92. The molecule has 1 aliphatic carbocycles. The maximum absolute atomic E-state index is 13.1. The fraction of sp³-hybridized carbons (Fsp3) is 0.577. The fourth-order valence-electron chi connectivity index (χ4n) is 5.35. The molecule has 2 aromatic rings. The van der Waals surface area contributed by atoms with Gasteiger partial charge >= 0.3 is 18.1 Å². The van der Waals surface area contributed by atoms with Crippen LogP contribution in [-0.4, -0.2) is 59.6 Å². The van der Waals surface area contributed by atoms with Crippen molar-refractivity contribution in [3.8, 4) is 0 Å². The molecule has 0 spiro atoms. The zero-order chi connectivity index (χ0) is 27.9. The summed E-state index contributed by atoms with van der Waals surface area (Å²) in [4.78, 5) is 34.3. The molecule has 4 rings (SSSR count). The molecule has 1 aliphatic heterocycles. The average molecular weight is 544 g/mol. The topological polar surface area (TPSA) is 110 Å². The third kappa shape index (κ3) is 7.24. The summed E-state index contributed by atoms with van der Waals surface area (Å²) in [5.74, 6) is -2.20. The number of halogens is 4. The number of esters is 1. The summed E-state index contributed by atoms with van der Waals surface area (Å²) >= 11 is 0. The Morgan fingerprint density at radius 3 is 2.42 bits per heavy atom. The number of ether oxygens (including phenoxy) is 1. The predicted molar refractivity (Wildman–Crippen MR) is 133 cm³/mol. The Bertz CT molecular complexity index is 1130.